The summed E-state index contributed by atoms with van der Waals surface area (Å²) in [5, 5.41) is 6.59. The number of thiazole rings is 1. The van der Waals surface area contributed by atoms with Crippen molar-refractivity contribution in [2.45, 2.75) is 24.7 Å². The summed E-state index contributed by atoms with van der Waals surface area (Å²) in [6, 6.07) is 20.8. The van der Waals surface area contributed by atoms with Crippen molar-refractivity contribution in [2.24, 2.45) is 10.1 Å². The highest BCUT2D eigenvalue weighted by atomic mass is 32.2. The van der Waals surface area contributed by atoms with Gasteiger partial charge in [-0.15, -0.1) is 11.3 Å². The summed E-state index contributed by atoms with van der Waals surface area (Å²) in [6.45, 7) is 4.29. The standard InChI is InChI=1S/C27H27FN4O2S2/c1-19(2)21-10-8-20(9-11-21)17-29-32-26(22-12-14-23(28)15-13-22)18-35-27(32)30-24-6-5-7-25(16-24)36(33,34)31(3)4/h5-19H,1-4H3. The number of halogens is 1. The molecule has 6 nitrogen and oxygen atoms in total. The van der Waals surface area contributed by atoms with Crippen molar-refractivity contribution in [1.82, 2.24) is 8.98 Å². The van der Waals surface area contributed by atoms with Crippen molar-refractivity contribution >= 4 is 33.3 Å². The highest BCUT2D eigenvalue weighted by molar-refractivity contribution is 7.89. The van der Waals surface area contributed by atoms with Gasteiger partial charge in [0.05, 0.1) is 22.5 Å². The second-order valence-corrected chi connectivity index (χ2v) is 11.7. The first-order valence-corrected chi connectivity index (χ1v) is 13.7. The first-order chi connectivity index (χ1) is 17.1. The third kappa shape index (κ3) is 5.70. The molecule has 0 radical (unpaired) electrons. The Morgan fingerprint density at radius 1 is 1.00 bits per heavy atom. The zero-order valence-corrected chi connectivity index (χ0v) is 22.1. The van der Waals surface area contributed by atoms with Crippen LogP contribution in [0.2, 0.25) is 0 Å². The molecule has 0 fully saturated rings. The molecular formula is C27H27FN4O2S2. The molecule has 4 rings (SSSR count). The van der Waals surface area contributed by atoms with E-state index in [1.54, 1.807) is 41.2 Å². The molecular weight excluding hydrogens is 495 g/mol. The number of hydrogen-bond acceptors (Lipinski definition) is 5. The number of rotatable bonds is 7. The Labute approximate surface area is 214 Å². The maximum atomic E-state index is 13.5. The van der Waals surface area contributed by atoms with Gasteiger partial charge in [-0.3, -0.25) is 0 Å². The molecule has 186 valence electrons. The van der Waals surface area contributed by atoms with Gasteiger partial charge in [0, 0.05) is 25.0 Å². The molecule has 0 aliphatic heterocycles. The molecule has 0 N–H and O–H groups in total. The zero-order valence-electron chi connectivity index (χ0n) is 20.5. The van der Waals surface area contributed by atoms with Gasteiger partial charge >= 0.3 is 0 Å². The van der Waals surface area contributed by atoms with Crippen LogP contribution in [0.1, 0.15) is 30.9 Å². The molecule has 0 saturated carbocycles. The second kappa shape index (κ2) is 10.7. The van der Waals surface area contributed by atoms with Crippen LogP contribution in [-0.2, 0) is 10.0 Å². The summed E-state index contributed by atoms with van der Waals surface area (Å²) in [4.78, 5) is 5.40. The minimum absolute atomic E-state index is 0.157. The number of hydrogen-bond donors (Lipinski definition) is 0. The molecule has 0 spiro atoms. The molecule has 0 saturated heterocycles. The van der Waals surface area contributed by atoms with Crippen LogP contribution < -0.4 is 4.80 Å². The van der Waals surface area contributed by atoms with E-state index in [1.807, 2.05) is 17.5 Å². The molecule has 0 unspecified atom stereocenters. The molecule has 9 heteroatoms. The number of benzene rings is 3. The van der Waals surface area contributed by atoms with Crippen molar-refractivity contribution in [3.63, 3.8) is 0 Å². The number of aromatic nitrogens is 1. The lowest BCUT2D eigenvalue weighted by Crippen LogP contribution is -2.22. The fourth-order valence-electron chi connectivity index (χ4n) is 3.43. The molecule has 0 aliphatic carbocycles. The third-order valence-corrected chi connectivity index (χ3v) is 8.20. The molecule has 1 aromatic heterocycles. The van der Waals surface area contributed by atoms with E-state index in [0.717, 1.165) is 16.8 Å². The minimum Gasteiger partial charge on any atom is -0.220 e. The zero-order chi connectivity index (χ0) is 25.9. The van der Waals surface area contributed by atoms with E-state index in [0.29, 0.717) is 16.4 Å². The van der Waals surface area contributed by atoms with E-state index in [9.17, 15) is 12.8 Å². The Kier molecular flexibility index (Phi) is 7.63. The second-order valence-electron chi connectivity index (χ2n) is 8.68. The maximum absolute atomic E-state index is 13.5. The van der Waals surface area contributed by atoms with Gasteiger partial charge in [-0.25, -0.2) is 26.8 Å². The largest absolute Gasteiger partial charge is 0.242 e. The molecule has 36 heavy (non-hydrogen) atoms. The van der Waals surface area contributed by atoms with E-state index in [2.05, 4.69) is 26.0 Å². The van der Waals surface area contributed by atoms with Crippen molar-refractivity contribution in [2.75, 3.05) is 14.1 Å². The molecule has 0 atom stereocenters. The Balaban J connectivity index is 1.81. The lowest BCUT2D eigenvalue weighted by Gasteiger charge is -2.11. The molecule has 1 heterocycles. The van der Waals surface area contributed by atoms with Gasteiger partial charge in [-0.2, -0.15) is 5.10 Å². The molecule has 0 bridgehead atoms. The lowest BCUT2D eigenvalue weighted by molar-refractivity contribution is 0.521. The van der Waals surface area contributed by atoms with Crippen molar-refractivity contribution in [1.29, 1.82) is 0 Å². The van der Waals surface area contributed by atoms with Crippen molar-refractivity contribution in [3.05, 3.63) is 99.9 Å². The maximum Gasteiger partial charge on any atom is 0.242 e. The van der Waals surface area contributed by atoms with Gasteiger partial charge in [0.25, 0.3) is 0 Å². The predicted octanol–water partition coefficient (Wildman–Crippen LogP) is 5.84. The van der Waals surface area contributed by atoms with Crippen molar-refractivity contribution in [3.8, 4) is 11.3 Å². The Morgan fingerprint density at radius 3 is 2.33 bits per heavy atom. The van der Waals surface area contributed by atoms with Gasteiger partial charge < -0.3 is 0 Å². The fraction of sp³-hybridized carbons (Fsp3) is 0.185. The topological polar surface area (TPSA) is 67.0 Å². The minimum atomic E-state index is -3.59. The van der Waals surface area contributed by atoms with Crippen LogP contribution in [0.5, 0.6) is 0 Å². The van der Waals surface area contributed by atoms with Crippen LogP contribution in [0, 0.1) is 5.82 Å². The van der Waals surface area contributed by atoms with E-state index >= 15 is 0 Å². The summed E-state index contributed by atoms with van der Waals surface area (Å²) in [5.41, 5.74) is 4.17. The quantitative estimate of drug-likeness (QED) is 0.286. The van der Waals surface area contributed by atoms with E-state index in [1.165, 1.54) is 53.5 Å². The number of sulfonamides is 1. The lowest BCUT2D eigenvalue weighted by atomic mass is 10.0. The highest BCUT2D eigenvalue weighted by Crippen LogP contribution is 2.23. The third-order valence-electron chi connectivity index (χ3n) is 5.57. The monoisotopic (exact) mass is 522 g/mol. The summed E-state index contributed by atoms with van der Waals surface area (Å²) >= 11 is 1.36. The first-order valence-electron chi connectivity index (χ1n) is 11.3. The molecule has 4 aromatic rings. The SMILES string of the molecule is CC(C)c1ccc(C=Nn2c(-c3ccc(F)cc3)csc2=Nc2cccc(S(=O)(=O)N(C)C)c2)cc1. The van der Waals surface area contributed by atoms with Crippen LogP contribution in [-0.4, -0.2) is 37.7 Å². The summed E-state index contributed by atoms with van der Waals surface area (Å²) in [7, 11) is -0.615. The Morgan fingerprint density at radius 2 is 1.69 bits per heavy atom. The van der Waals surface area contributed by atoms with E-state index < -0.39 is 10.0 Å². The van der Waals surface area contributed by atoms with E-state index in [4.69, 9.17) is 10.1 Å². The van der Waals surface area contributed by atoms with Gasteiger partial charge in [-0.1, -0.05) is 44.2 Å². The smallest absolute Gasteiger partial charge is 0.220 e. The average Bonchev–Trinajstić information content (AvgIpc) is 3.25. The summed E-state index contributed by atoms with van der Waals surface area (Å²) < 4.78 is 41.5. The highest BCUT2D eigenvalue weighted by Gasteiger charge is 2.17. The number of nitrogens with zero attached hydrogens (tertiary/aromatic N) is 4. The average molecular weight is 523 g/mol. The molecule has 0 aliphatic rings. The van der Waals surface area contributed by atoms with Crippen molar-refractivity contribution < 1.29 is 12.8 Å². The van der Waals surface area contributed by atoms with Crippen LogP contribution in [0.4, 0.5) is 10.1 Å². The van der Waals surface area contributed by atoms with Gasteiger partial charge in [-0.05, 0) is 59.5 Å². The van der Waals surface area contributed by atoms with Gasteiger partial charge in [0.15, 0.2) is 0 Å². The van der Waals surface area contributed by atoms with E-state index in [-0.39, 0.29) is 10.7 Å². The summed E-state index contributed by atoms with van der Waals surface area (Å²) in [6.07, 6.45) is 1.75. The van der Waals surface area contributed by atoms with Crippen LogP contribution in [0.15, 0.2) is 93.2 Å². The van der Waals surface area contributed by atoms with Gasteiger partial charge in [0.1, 0.15) is 5.82 Å². The fourth-order valence-corrected chi connectivity index (χ4v) is 5.23. The van der Waals surface area contributed by atoms with Crippen LogP contribution >= 0.6 is 11.3 Å². The summed E-state index contributed by atoms with van der Waals surface area (Å²) in [5.74, 6) is 0.114. The Hall–Kier alpha value is -3.40. The molecule has 3 aromatic carbocycles. The first kappa shape index (κ1) is 25.7. The van der Waals surface area contributed by atoms with Crippen LogP contribution in [0.25, 0.3) is 11.3 Å². The van der Waals surface area contributed by atoms with Crippen LogP contribution in [0.3, 0.4) is 0 Å². The predicted molar refractivity (Wildman–Crippen MR) is 144 cm³/mol. The normalized spacial score (nSPS) is 12.8. The molecule has 0 amide bonds. The Bertz CT molecular complexity index is 1550. The van der Waals surface area contributed by atoms with Gasteiger partial charge in [0.2, 0.25) is 14.8 Å².